The summed E-state index contributed by atoms with van der Waals surface area (Å²) < 4.78 is 27.5. The molecule has 0 unspecified atom stereocenters. The summed E-state index contributed by atoms with van der Waals surface area (Å²) >= 11 is 4.32. The lowest BCUT2D eigenvalue weighted by Gasteiger charge is -2.32. The molecule has 1 amide bonds. The summed E-state index contributed by atoms with van der Waals surface area (Å²) in [4.78, 5) is 13.4. The maximum Gasteiger partial charge on any atom is 0.252 e. The van der Waals surface area contributed by atoms with E-state index in [0.717, 1.165) is 11.1 Å². The lowest BCUT2D eigenvalue weighted by Crippen LogP contribution is -2.46. The van der Waals surface area contributed by atoms with Gasteiger partial charge >= 0.3 is 0 Å². The minimum absolute atomic E-state index is 0.0458. The molecule has 0 saturated carbocycles. The molecule has 27 heavy (non-hydrogen) atoms. The van der Waals surface area contributed by atoms with Crippen LogP contribution in [0.5, 0.6) is 0 Å². The molecule has 0 aromatic heterocycles. The Kier molecular flexibility index (Phi) is 5.93. The first-order valence-corrected chi connectivity index (χ1v) is 10.8. The number of nitrogens with zero attached hydrogens (tertiary/aromatic N) is 1. The second kappa shape index (κ2) is 8.04. The van der Waals surface area contributed by atoms with Gasteiger partial charge in [-0.15, -0.1) is 12.6 Å². The van der Waals surface area contributed by atoms with Crippen molar-refractivity contribution in [3.63, 3.8) is 0 Å². The summed E-state index contributed by atoms with van der Waals surface area (Å²) in [6.45, 7) is 4.49. The first-order valence-electron chi connectivity index (χ1n) is 8.95. The second-order valence-electron chi connectivity index (χ2n) is 6.94. The lowest BCUT2D eigenvalue weighted by atomic mass is 10.1. The van der Waals surface area contributed by atoms with E-state index in [1.165, 1.54) is 4.31 Å². The Labute approximate surface area is 166 Å². The van der Waals surface area contributed by atoms with Crippen LogP contribution in [0, 0.1) is 13.8 Å². The number of thiol groups is 1. The number of carbonyl (C=O) groups excluding carboxylic acids is 1. The van der Waals surface area contributed by atoms with Gasteiger partial charge in [-0.05, 0) is 56.0 Å². The summed E-state index contributed by atoms with van der Waals surface area (Å²) in [5.74, 6) is -0.170. The van der Waals surface area contributed by atoms with Crippen molar-refractivity contribution in [1.82, 2.24) is 9.62 Å². The molecule has 1 N–H and O–H groups in total. The third-order valence-electron chi connectivity index (χ3n) is 4.90. The highest BCUT2D eigenvalue weighted by atomic mass is 32.2. The van der Waals surface area contributed by atoms with Crippen molar-refractivity contribution in [1.29, 1.82) is 0 Å². The molecule has 2 aromatic rings. The van der Waals surface area contributed by atoms with Crippen molar-refractivity contribution >= 4 is 28.6 Å². The molecule has 0 aliphatic carbocycles. The summed E-state index contributed by atoms with van der Waals surface area (Å²) in [7, 11) is -3.52. The molecule has 3 rings (SSSR count). The average molecular weight is 405 g/mol. The number of piperidine rings is 1. The van der Waals surface area contributed by atoms with E-state index in [4.69, 9.17) is 0 Å². The molecule has 144 valence electrons. The Balaban J connectivity index is 1.66. The van der Waals surface area contributed by atoms with Crippen molar-refractivity contribution in [2.24, 2.45) is 0 Å². The molecule has 1 aliphatic rings. The minimum Gasteiger partial charge on any atom is -0.349 e. The summed E-state index contributed by atoms with van der Waals surface area (Å²) in [6, 6.07) is 12.6. The molecule has 1 fully saturated rings. The highest BCUT2D eigenvalue weighted by molar-refractivity contribution is 7.89. The van der Waals surface area contributed by atoms with Crippen LogP contribution < -0.4 is 5.32 Å². The van der Waals surface area contributed by atoms with Crippen LogP contribution >= 0.6 is 12.6 Å². The van der Waals surface area contributed by atoms with Crippen molar-refractivity contribution in [3.05, 3.63) is 59.2 Å². The zero-order valence-corrected chi connectivity index (χ0v) is 17.2. The Morgan fingerprint density at radius 2 is 1.78 bits per heavy atom. The highest BCUT2D eigenvalue weighted by Gasteiger charge is 2.31. The first kappa shape index (κ1) is 19.9. The van der Waals surface area contributed by atoms with E-state index in [1.54, 1.807) is 24.3 Å². The molecule has 0 radical (unpaired) electrons. The van der Waals surface area contributed by atoms with E-state index in [9.17, 15) is 13.2 Å². The Morgan fingerprint density at radius 3 is 2.44 bits per heavy atom. The largest absolute Gasteiger partial charge is 0.349 e. The lowest BCUT2D eigenvalue weighted by molar-refractivity contribution is 0.0921. The molecular formula is C20H24N2O3S2. The van der Waals surface area contributed by atoms with E-state index < -0.39 is 10.0 Å². The van der Waals surface area contributed by atoms with Crippen LogP contribution in [-0.4, -0.2) is 37.8 Å². The van der Waals surface area contributed by atoms with Crippen molar-refractivity contribution in [2.45, 2.75) is 42.5 Å². The Bertz CT molecular complexity index is 949. The number of sulfonamides is 1. The van der Waals surface area contributed by atoms with Gasteiger partial charge in [0.2, 0.25) is 10.0 Å². The smallest absolute Gasteiger partial charge is 0.252 e. The number of benzene rings is 2. The molecule has 0 bridgehead atoms. The molecule has 1 heterocycles. The first-order chi connectivity index (χ1) is 12.8. The van der Waals surface area contributed by atoms with Crippen molar-refractivity contribution < 1.29 is 13.2 Å². The summed E-state index contributed by atoms with van der Waals surface area (Å²) in [5, 5.41) is 3.00. The van der Waals surface area contributed by atoms with Crippen molar-refractivity contribution in [2.75, 3.05) is 13.1 Å². The topological polar surface area (TPSA) is 66.5 Å². The van der Waals surface area contributed by atoms with Gasteiger partial charge in [-0.1, -0.05) is 24.3 Å². The Morgan fingerprint density at radius 1 is 1.11 bits per heavy atom. The number of aryl methyl sites for hydroxylation is 2. The predicted octanol–water partition coefficient (Wildman–Crippen LogP) is 3.18. The molecule has 5 nitrogen and oxygen atoms in total. The van der Waals surface area contributed by atoms with Gasteiger partial charge in [0.05, 0.1) is 10.5 Å². The van der Waals surface area contributed by atoms with Gasteiger partial charge in [0, 0.05) is 24.0 Å². The van der Waals surface area contributed by atoms with E-state index in [0.29, 0.717) is 41.3 Å². The monoisotopic (exact) mass is 404 g/mol. The maximum atomic E-state index is 13.0. The fourth-order valence-corrected chi connectivity index (χ4v) is 5.34. The molecule has 2 aromatic carbocycles. The van der Waals surface area contributed by atoms with Crippen LogP contribution in [0.3, 0.4) is 0 Å². The van der Waals surface area contributed by atoms with Crippen LogP contribution in [0.2, 0.25) is 0 Å². The number of rotatable bonds is 4. The maximum absolute atomic E-state index is 13.0. The molecule has 1 aliphatic heterocycles. The summed E-state index contributed by atoms with van der Waals surface area (Å²) in [6.07, 6.45) is 1.18. The van der Waals surface area contributed by atoms with E-state index in [-0.39, 0.29) is 11.9 Å². The quantitative estimate of drug-likeness (QED) is 0.769. The molecule has 0 atom stereocenters. The molecular weight excluding hydrogens is 380 g/mol. The SMILES string of the molecule is Cc1ccc(C)c(S(=O)(=O)N2CCC(NC(=O)c3ccccc3S)CC2)c1. The number of hydrogen-bond donors (Lipinski definition) is 2. The van der Waals surface area contributed by atoms with Crippen molar-refractivity contribution in [3.8, 4) is 0 Å². The van der Waals surface area contributed by atoms with Crippen LogP contribution in [-0.2, 0) is 10.0 Å². The fraction of sp³-hybridized carbons (Fsp3) is 0.350. The molecule has 0 spiro atoms. The van der Waals surface area contributed by atoms with Gasteiger partial charge in [-0.2, -0.15) is 4.31 Å². The highest BCUT2D eigenvalue weighted by Crippen LogP contribution is 2.24. The van der Waals surface area contributed by atoms with E-state index in [2.05, 4.69) is 17.9 Å². The number of hydrogen-bond acceptors (Lipinski definition) is 4. The van der Waals surface area contributed by atoms with Crippen LogP contribution in [0.25, 0.3) is 0 Å². The molecule has 1 saturated heterocycles. The normalized spacial score (nSPS) is 16.3. The third kappa shape index (κ3) is 4.36. The van der Waals surface area contributed by atoms with E-state index >= 15 is 0 Å². The summed E-state index contributed by atoms with van der Waals surface area (Å²) in [5.41, 5.74) is 2.21. The van der Waals surface area contributed by atoms with Crippen LogP contribution in [0.4, 0.5) is 0 Å². The third-order valence-corrected chi connectivity index (χ3v) is 7.33. The van der Waals surface area contributed by atoms with Crippen LogP contribution in [0.15, 0.2) is 52.3 Å². The van der Waals surface area contributed by atoms with Gasteiger partial charge < -0.3 is 5.32 Å². The number of carbonyl (C=O) groups is 1. The minimum atomic E-state index is -3.52. The molecule has 7 heteroatoms. The zero-order valence-electron chi connectivity index (χ0n) is 15.5. The van der Waals surface area contributed by atoms with Crippen LogP contribution in [0.1, 0.15) is 34.3 Å². The average Bonchev–Trinajstić information content (AvgIpc) is 2.64. The van der Waals surface area contributed by atoms with Gasteiger partial charge in [0.25, 0.3) is 5.91 Å². The Hall–Kier alpha value is -1.83. The number of amides is 1. The van der Waals surface area contributed by atoms with Gasteiger partial charge in [-0.3, -0.25) is 4.79 Å². The van der Waals surface area contributed by atoms with Gasteiger partial charge in [0.15, 0.2) is 0 Å². The number of nitrogens with one attached hydrogen (secondary N) is 1. The van der Waals surface area contributed by atoms with Gasteiger partial charge in [-0.25, -0.2) is 8.42 Å². The standard InChI is InChI=1S/C20H24N2O3S2/c1-14-7-8-15(2)19(13-14)27(24,25)22-11-9-16(10-12-22)21-20(23)17-5-3-4-6-18(17)26/h3-8,13,16,26H,9-12H2,1-2H3,(H,21,23). The van der Waals surface area contributed by atoms with Gasteiger partial charge in [0.1, 0.15) is 0 Å². The zero-order chi connectivity index (χ0) is 19.6. The predicted molar refractivity (Wildman–Crippen MR) is 109 cm³/mol. The second-order valence-corrected chi connectivity index (χ2v) is 9.33. The fourth-order valence-electron chi connectivity index (χ4n) is 3.29. The van der Waals surface area contributed by atoms with E-state index in [1.807, 2.05) is 32.0 Å².